The Bertz CT molecular complexity index is 699. The van der Waals surface area contributed by atoms with Crippen molar-refractivity contribution in [1.29, 1.82) is 0 Å². The maximum atomic E-state index is 12.6. The van der Waals surface area contributed by atoms with Crippen molar-refractivity contribution in [3.63, 3.8) is 0 Å². The number of benzene rings is 2. The number of nitrogens with zero attached hydrogens (tertiary/aromatic N) is 1. The van der Waals surface area contributed by atoms with Crippen molar-refractivity contribution in [3.05, 3.63) is 59.7 Å². The lowest BCUT2D eigenvalue weighted by atomic mass is 10.1. The summed E-state index contributed by atoms with van der Waals surface area (Å²) in [5, 5.41) is 2.07. The molecule has 0 unspecified atom stereocenters. The second-order valence-corrected chi connectivity index (χ2v) is 5.89. The summed E-state index contributed by atoms with van der Waals surface area (Å²) in [6, 6.07) is 16.3. The molecule has 120 valence electrons. The molecule has 0 saturated carbocycles. The van der Waals surface area contributed by atoms with Gasteiger partial charge in [-0.25, -0.2) is 0 Å². The Morgan fingerprint density at radius 3 is 2.78 bits per heavy atom. The standard InChI is InChI=1S/C19H22N2O2/c1-14(16-8-4-6-10-18(16)23-2)20-13-19(22)21-12-11-15-7-3-5-9-17(15)21/h3-10,14,20H,11-13H2,1-2H3/p+1/t14-/m0/s1. The average molecular weight is 311 g/mol. The number of rotatable bonds is 5. The zero-order valence-corrected chi connectivity index (χ0v) is 13.7. The smallest absolute Gasteiger partial charge is 0.282 e. The van der Waals surface area contributed by atoms with Crippen LogP contribution in [-0.4, -0.2) is 26.1 Å². The molecule has 2 N–H and O–H groups in total. The van der Waals surface area contributed by atoms with Crippen LogP contribution in [0.5, 0.6) is 5.75 Å². The van der Waals surface area contributed by atoms with Crippen LogP contribution >= 0.6 is 0 Å². The lowest BCUT2D eigenvalue weighted by Gasteiger charge is -2.19. The number of hydrogen-bond donors (Lipinski definition) is 1. The van der Waals surface area contributed by atoms with Gasteiger partial charge in [-0.3, -0.25) is 4.79 Å². The van der Waals surface area contributed by atoms with Crippen LogP contribution in [0.1, 0.15) is 24.1 Å². The van der Waals surface area contributed by atoms with E-state index >= 15 is 0 Å². The maximum Gasteiger partial charge on any atom is 0.282 e. The molecule has 1 heterocycles. The molecule has 0 aliphatic carbocycles. The molecule has 0 radical (unpaired) electrons. The molecule has 1 amide bonds. The molecule has 0 saturated heterocycles. The normalized spacial score (nSPS) is 14.4. The predicted molar refractivity (Wildman–Crippen MR) is 90.7 cm³/mol. The first-order valence-corrected chi connectivity index (χ1v) is 8.05. The highest BCUT2D eigenvalue weighted by Crippen LogP contribution is 2.27. The van der Waals surface area contributed by atoms with Crippen LogP contribution in [0.25, 0.3) is 0 Å². The molecular weight excluding hydrogens is 288 g/mol. The van der Waals surface area contributed by atoms with E-state index in [0.29, 0.717) is 6.54 Å². The summed E-state index contributed by atoms with van der Waals surface area (Å²) >= 11 is 0. The van der Waals surface area contributed by atoms with E-state index in [9.17, 15) is 4.79 Å². The van der Waals surface area contributed by atoms with E-state index in [1.54, 1.807) is 7.11 Å². The molecule has 4 nitrogen and oxygen atoms in total. The van der Waals surface area contributed by atoms with Crippen LogP contribution in [0.15, 0.2) is 48.5 Å². The van der Waals surface area contributed by atoms with Gasteiger partial charge in [0.05, 0.1) is 12.7 Å². The van der Waals surface area contributed by atoms with Crippen molar-refractivity contribution in [2.75, 3.05) is 25.1 Å². The van der Waals surface area contributed by atoms with E-state index in [4.69, 9.17) is 4.74 Å². The fourth-order valence-electron chi connectivity index (χ4n) is 3.15. The Balaban J connectivity index is 1.64. The van der Waals surface area contributed by atoms with E-state index < -0.39 is 0 Å². The maximum absolute atomic E-state index is 12.6. The van der Waals surface area contributed by atoms with Gasteiger partial charge < -0.3 is 15.0 Å². The van der Waals surface area contributed by atoms with Gasteiger partial charge in [0.25, 0.3) is 5.91 Å². The molecule has 4 heteroatoms. The molecule has 1 atom stereocenters. The number of carbonyl (C=O) groups excluding carboxylic acids is 1. The molecule has 2 aromatic carbocycles. The fraction of sp³-hybridized carbons (Fsp3) is 0.316. The van der Waals surface area contributed by atoms with Crippen LogP contribution in [0, 0.1) is 0 Å². The molecule has 0 aromatic heterocycles. The molecule has 1 aliphatic rings. The van der Waals surface area contributed by atoms with Crippen LogP contribution < -0.4 is 15.0 Å². The molecule has 1 aliphatic heterocycles. The van der Waals surface area contributed by atoms with Crippen LogP contribution in [0.3, 0.4) is 0 Å². The second-order valence-electron chi connectivity index (χ2n) is 5.89. The molecule has 23 heavy (non-hydrogen) atoms. The summed E-state index contributed by atoms with van der Waals surface area (Å²) in [5.41, 5.74) is 3.44. The van der Waals surface area contributed by atoms with Gasteiger partial charge in [0, 0.05) is 12.2 Å². The number of nitrogens with two attached hydrogens (primary N) is 1. The molecule has 2 aromatic rings. The predicted octanol–water partition coefficient (Wildman–Crippen LogP) is 1.91. The Morgan fingerprint density at radius 2 is 1.96 bits per heavy atom. The third-order valence-electron chi connectivity index (χ3n) is 4.46. The van der Waals surface area contributed by atoms with E-state index in [1.807, 2.05) is 41.3 Å². The fourth-order valence-corrected chi connectivity index (χ4v) is 3.15. The van der Waals surface area contributed by atoms with E-state index in [-0.39, 0.29) is 11.9 Å². The highest BCUT2D eigenvalue weighted by atomic mass is 16.5. The summed E-state index contributed by atoms with van der Waals surface area (Å²) in [4.78, 5) is 14.5. The van der Waals surface area contributed by atoms with Gasteiger partial charge >= 0.3 is 0 Å². The first-order valence-electron chi connectivity index (χ1n) is 8.05. The SMILES string of the molecule is COc1ccccc1[C@H](C)[NH2+]CC(=O)N1CCc2ccccc21. The van der Waals surface area contributed by atoms with Gasteiger partial charge in [0.2, 0.25) is 0 Å². The minimum atomic E-state index is 0.164. The summed E-state index contributed by atoms with van der Waals surface area (Å²) < 4.78 is 5.40. The largest absolute Gasteiger partial charge is 0.496 e. The van der Waals surface area contributed by atoms with Crippen molar-refractivity contribution >= 4 is 11.6 Å². The number of anilines is 1. The van der Waals surface area contributed by atoms with Crippen LogP contribution in [0.2, 0.25) is 0 Å². The minimum Gasteiger partial charge on any atom is -0.496 e. The number of amides is 1. The lowest BCUT2D eigenvalue weighted by Crippen LogP contribution is -2.87. The molecular formula is C19H23N2O2+. The quantitative estimate of drug-likeness (QED) is 0.917. The number of fused-ring (bicyclic) bond motifs is 1. The van der Waals surface area contributed by atoms with Gasteiger partial charge in [-0.2, -0.15) is 0 Å². The van der Waals surface area contributed by atoms with Crippen molar-refractivity contribution in [2.45, 2.75) is 19.4 Å². The third kappa shape index (κ3) is 3.22. The highest BCUT2D eigenvalue weighted by Gasteiger charge is 2.25. The van der Waals surface area contributed by atoms with Gasteiger partial charge in [-0.1, -0.05) is 30.3 Å². The summed E-state index contributed by atoms with van der Waals surface area (Å²) in [7, 11) is 1.68. The number of quaternary nitrogens is 1. The topological polar surface area (TPSA) is 46.1 Å². The Labute approximate surface area is 137 Å². The summed E-state index contributed by atoms with van der Waals surface area (Å²) in [6.07, 6.45) is 0.948. The van der Waals surface area contributed by atoms with Gasteiger partial charge in [-0.15, -0.1) is 0 Å². The zero-order valence-electron chi connectivity index (χ0n) is 13.7. The Kier molecular flexibility index (Phi) is 4.63. The highest BCUT2D eigenvalue weighted by molar-refractivity contribution is 5.96. The number of ether oxygens (including phenoxy) is 1. The van der Waals surface area contributed by atoms with Crippen molar-refractivity contribution in [2.24, 2.45) is 0 Å². The van der Waals surface area contributed by atoms with E-state index in [1.165, 1.54) is 5.56 Å². The van der Waals surface area contributed by atoms with Crippen molar-refractivity contribution < 1.29 is 14.8 Å². The molecule has 0 bridgehead atoms. The summed E-state index contributed by atoms with van der Waals surface area (Å²) in [6.45, 7) is 3.33. The number of hydrogen-bond acceptors (Lipinski definition) is 2. The third-order valence-corrected chi connectivity index (χ3v) is 4.46. The van der Waals surface area contributed by atoms with E-state index in [0.717, 1.165) is 30.0 Å². The minimum absolute atomic E-state index is 0.164. The first-order chi connectivity index (χ1) is 11.2. The molecule has 0 fully saturated rings. The number of para-hydroxylation sites is 2. The van der Waals surface area contributed by atoms with Crippen LogP contribution in [0.4, 0.5) is 5.69 Å². The second kappa shape index (κ2) is 6.84. The summed E-state index contributed by atoms with van der Waals surface area (Å²) in [5.74, 6) is 1.03. The van der Waals surface area contributed by atoms with Crippen LogP contribution in [-0.2, 0) is 11.2 Å². The number of carbonyl (C=O) groups is 1. The Morgan fingerprint density at radius 1 is 1.22 bits per heavy atom. The van der Waals surface area contributed by atoms with Gasteiger partial charge in [0.15, 0.2) is 6.54 Å². The number of methoxy groups -OCH3 is 1. The molecule has 3 rings (SSSR count). The van der Waals surface area contributed by atoms with Gasteiger partial charge in [-0.05, 0) is 37.1 Å². The monoisotopic (exact) mass is 311 g/mol. The average Bonchev–Trinajstić information content (AvgIpc) is 3.03. The first kappa shape index (κ1) is 15.6. The zero-order chi connectivity index (χ0) is 16.2. The Hall–Kier alpha value is -2.33. The molecule has 0 spiro atoms. The van der Waals surface area contributed by atoms with Gasteiger partial charge in [0.1, 0.15) is 11.8 Å². The van der Waals surface area contributed by atoms with Crippen molar-refractivity contribution in [3.8, 4) is 5.75 Å². The van der Waals surface area contributed by atoms with E-state index in [2.05, 4.69) is 24.4 Å². The van der Waals surface area contributed by atoms with Crippen molar-refractivity contribution in [1.82, 2.24) is 0 Å². The lowest BCUT2D eigenvalue weighted by molar-refractivity contribution is -0.682.